The van der Waals surface area contributed by atoms with Gasteiger partial charge >= 0.3 is 0 Å². The van der Waals surface area contributed by atoms with E-state index in [9.17, 15) is 4.79 Å². The minimum atomic E-state index is -0.591. The molecule has 0 fully saturated rings. The fourth-order valence-electron chi connectivity index (χ4n) is 2.83. The lowest BCUT2D eigenvalue weighted by Gasteiger charge is -2.27. The Bertz CT molecular complexity index is 759. The van der Waals surface area contributed by atoms with E-state index in [1.165, 1.54) is 0 Å². The number of fused-ring (bicyclic) bond motifs is 1. The van der Waals surface area contributed by atoms with E-state index >= 15 is 0 Å². The van der Waals surface area contributed by atoms with Gasteiger partial charge in [0.2, 0.25) is 0 Å². The highest BCUT2D eigenvalue weighted by Gasteiger charge is 2.23. The van der Waals surface area contributed by atoms with Crippen LogP contribution in [-0.4, -0.2) is 31.3 Å². The highest BCUT2D eigenvalue weighted by Crippen LogP contribution is 2.30. The van der Waals surface area contributed by atoms with Crippen molar-refractivity contribution in [2.24, 2.45) is 0 Å². The molecule has 1 aliphatic heterocycles. The molecule has 138 valence electrons. The molecule has 26 heavy (non-hydrogen) atoms. The maximum atomic E-state index is 12.4. The van der Waals surface area contributed by atoms with Gasteiger partial charge in [-0.15, -0.1) is 0 Å². The molecule has 0 spiro atoms. The fourth-order valence-corrected chi connectivity index (χ4v) is 2.83. The van der Waals surface area contributed by atoms with Crippen LogP contribution in [0.2, 0.25) is 0 Å². The zero-order valence-corrected chi connectivity index (χ0v) is 15.4. The van der Waals surface area contributed by atoms with Crippen molar-refractivity contribution >= 4 is 5.91 Å². The molecule has 0 aliphatic carbocycles. The number of hydrogen-bond donors (Lipinski definition) is 1. The molecular formula is C21H25NO4. The molecule has 1 heterocycles. The molecule has 5 nitrogen and oxygen atoms in total. The van der Waals surface area contributed by atoms with Gasteiger partial charge in [-0.1, -0.05) is 44.2 Å². The molecular weight excluding hydrogens is 330 g/mol. The third-order valence-corrected chi connectivity index (χ3v) is 4.29. The lowest BCUT2D eigenvalue weighted by molar-refractivity contribution is -0.127. The number of rotatable bonds is 6. The molecule has 0 saturated carbocycles. The van der Waals surface area contributed by atoms with Crippen LogP contribution in [-0.2, 0) is 4.79 Å². The van der Waals surface area contributed by atoms with E-state index in [4.69, 9.17) is 14.2 Å². The average molecular weight is 355 g/mol. The van der Waals surface area contributed by atoms with E-state index in [0.29, 0.717) is 24.8 Å². The number of amides is 1. The summed E-state index contributed by atoms with van der Waals surface area (Å²) in [5.41, 5.74) is 1.09. The van der Waals surface area contributed by atoms with Crippen LogP contribution < -0.4 is 19.5 Å². The Morgan fingerprint density at radius 2 is 1.81 bits per heavy atom. The van der Waals surface area contributed by atoms with Gasteiger partial charge < -0.3 is 19.5 Å². The number of para-hydroxylation sites is 3. The second-order valence-corrected chi connectivity index (χ2v) is 6.70. The Morgan fingerprint density at radius 3 is 2.58 bits per heavy atom. The van der Waals surface area contributed by atoms with Gasteiger partial charge in [0.25, 0.3) is 5.91 Å². The van der Waals surface area contributed by atoms with Crippen LogP contribution >= 0.6 is 0 Å². The molecule has 0 unspecified atom stereocenters. The summed E-state index contributed by atoms with van der Waals surface area (Å²) < 4.78 is 17.4. The van der Waals surface area contributed by atoms with E-state index < -0.39 is 6.10 Å². The van der Waals surface area contributed by atoms with Crippen molar-refractivity contribution in [2.75, 3.05) is 13.2 Å². The first-order chi connectivity index (χ1) is 12.5. The van der Waals surface area contributed by atoms with Crippen molar-refractivity contribution in [3.63, 3.8) is 0 Å². The predicted molar refractivity (Wildman–Crippen MR) is 100.0 cm³/mol. The van der Waals surface area contributed by atoms with Crippen LogP contribution in [0.4, 0.5) is 0 Å². The van der Waals surface area contributed by atoms with Crippen LogP contribution in [0.25, 0.3) is 0 Å². The molecule has 0 radical (unpaired) electrons. The quantitative estimate of drug-likeness (QED) is 0.861. The summed E-state index contributed by atoms with van der Waals surface area (Å²) in [6.45, 7) is 6.73. The van der Waals surface area contributed by atoms with Gasteiger partial charge in [-0.25, -0.2) is 0 Å². The van der Waals surface area contributed by atoms with E-state index in [1.807, 2.05) is 48.5 Å². The molecule has 0 bridgehead atoms. The minimum absolute atomic E-state index is 0.175. The Hall–Kier alpha value is -2.69. The molecule has 1 aliphatic rings. The first-order valence-electron chi connectivity index (χ1n) is 8.96. The Labute approximate surface area is 154 Å². The minimum Gasteiger partial charge on any atom is -0.486 e. The zero-order valence-electron chi connectivity index (χ0n) is 15.4. The number of carbonyl (C=O) groups excluding carboxylic acids is 1. The highest BCUT2D eigenvalue weighted by atomic mass is 16.6. The molecule has 2 atom stereocenters. The Morgan fingerprint density at radius 1 is 1.12 bits per heavy atom. The summed E-state index contributed by atoms with van der Waals surface area (Å²) in [6, 6.07) is 15.3. The summed E-state index contributed by atoms with van der Waals surface area (Å²) in [7, 11) is 0. The first-order valence-corrected chi connectivity index (χ1v) is 8.96. The lowest BCUT2D eigenvalue weighted by atomic mass is 10.0. The predicted octanol–water partition coefficient (Wildman–Crippen LogP) is 3.53. The molecule has 3 rings (SSSR count). The third kappa shape index (κ3) is 4.28. The van der Waals surface area contributed by atoms with Crippen LogP contribution in [0.3, 0.4) is 0 Å². The molecule has 2 aromatic rings. The Balaban J connectivity index is 1.53. The van der Waals surface area contributed by atoms with Crippen molar-refractivity contribution in [1.29, 1.82) is 0 Å². The van der Waals surface area contributed by atoms with Gasteiger partial charge in [-0.2, -0.15) is 0 Å². The number of carbonyl (C=O) groups is 1. The van der Waals surface area contributed by atoms with Crippen LogP contribution in [0.5, 0.6) is 17.2 Å². The summed E-state index contributed by atoms with van der Waals surface area (Å²) in [5.74, 6) is 2.34. The summed E-state index contributed by atoms with van der Waals surface area (Å²) in [5, 5.41) is 2.88. The van der Waals surface area contributed by atoms with Crippen molar-refractivity contribution in [2.45, 2.75) is 38.9 Å². The van der Waals surface area contributed by atoms with E-state index in [2.05, 4.69) is 19.2 Å². The number of nitrogens with one attached hydrogen (secondary N) is 1. The maximum Gasteiger partial charge on any atom is 0.260 e. The third-order valence-electron chi connectivity index (χ3n) is 4.29. The number of ether oxygens (including phenoxy) is 3. The van der Waals surface area contributed by atoms with Gasteiger partial charge in [0, 0.05) is 0 Å². The second-order valence-electron chi connectivity index (χ2n) is 6.70. The largest absolute Gasteiger partial charge is 0.486 e. The van der Waals surface area contributed by atoms with Crippen LogP contribution in [0.1, 0.15) is 32.3 Å². The summed E-state index contributed by atoms with van der Waals surface area (Å²) >= 11 is 0. The monoisotopic (exact) mass is 355 g/mol. The maximum absolute atomic E-state index is 12.4. The van der Waals surface area contributed by atoms with Crippen LogP contribution in [0.15, 0.2) is 48.5 Å². The Kier molecular flexibility index (Phi) is 5.66. The van der Waals surface area contributed by atoms with Gasteiger partial charge in [0.1, 0.15) is 18.5 Å². The van der Waals surface area contributed by atoms with E-state index in [0.717, 1.165) is 17.1 Å². The van der Waals surface area contributed by atoms with Crippen molar-refractivity contribution in [3.05, 3.63) is 54.1 Å². The number of benzene rings is 2. The topological polar surface area (TPSA) is 56.8 Å². The zero-order chi connectivity index (χ0) is 18.5. The van der Waals surface area contributed by atoms with Crippen molar-refractivity contribution in [3.8, 4) is 17.2 Å². The molecule has 0 aromatic heterocycles. The standard InChI is InChI=1S/C21H25NO4/c1-14(2)17-8-4-5-9-18(17)25-15(3)21(23)22-12-16-13-24-19-10-6-7-11-20(19)26-16/h4-11,14-16H,12-13H2,1-3H3,(H,22,23)/t15-,16+/m1/s1. The molecule has 1 amide bonds. The van der Waals surface area contributed by atoms with E-state index in [1.54, 1.807) is 6.92 Å². The van der Waals surface area contributed by atoms with Crippen molar-refractivity contribution in [1.82, 2.24) is 5.32 Å². The highest BCUT2D eigenvalue weighted by molar-refractivity contribution is 5.80. The lowest BCUT2D eigenvalue weighted by Crippen LogP contribution is -2.44. The smallest absolute Gasteiger partial charge is 0.260 e. The molecule has 5 heteroatoms. The van der Waals surface area contributed by atoms with Gasteiger partial charge in [-0.05, 0) is 36.6 Å². The fraction of sp³-hybridized carbons (Fsp3) is 0.381. The number of hydrogen-bond acceptors (Lipinski definition) is 4. The molecule has 0 saturated heterocycles. The van der Waals surface area contributed by atoms with Crippen LogP contribution in [0, 0.1) is 0 Å². The SMILES string of the molecule is CC(C)c1ccccc1O[C@H](C)C(=O)NC[C@H]1COc2ccccc2O1. The summed E-state index contributed by atoms with van der Waals surface area (Å²) in [6.07, 6.45) is -0.810. The van der Waals surface area contributed by atoms with Gasteiger partial charge in [-0.3, -0.25) is 4.79 Å². The summed E-state index contributed by atoms with van der Waals surface area (Å²) in [4.78, 5) is 12.4. The van der Waals surface area contributed by atoms with Gasteiger partial charge in [0.05, 0.1) is 6.54 Å². The molecule has 1 N–H and O–H groups in total. The average Bonchev–Trinajstić information content (AvgIpc) is 2.66. The second kappa shape index (κ2) is 8.13. The van der Waals surface area contributed by atoms with Gasteiger partial charge in [0.15, 0.2) is 17.6 Å². The first kappa shape index (κ1) is 18.1. The normalized spacial score (nSPS) is 16.8. The van der Waals surface area contributed by atoms with Crippen molar-refractivity contribution < 1.29 is 19.0 Å². The molecule has 2 aromatic carbocycles. The van der Waals surface area contributed by atoms with E-state index in [-0.39, 0.29) is 12.0 Å².